The minimum absolute atomic E-state index is 0.168. The molecule has 0 atom stereocenters. The second-order valence-corrected chi connectivity index (χ2v) is 8.42. The van der Waals surface area contributed by atoms with Crippen LogP contribution in [0.25, 0.3) is 33.1 Å². The van der Waals surface area contributed by atoms with Crippen LogP contribution in [0.15, 0.2) is 59.3 Å². The highest BCUT2D eigenvalue weighted by Gasteiger charge is 2.23. The molecule has 1 aliphatic carbocycles. The van der Waals surface area contributed by atoms with Crippen molar-refractivity contribution in [3.63, 3.8) is 0 Å². The lowest BCUT2D eigenvalue weighted by atomic mass is 9.67. The minimum Gasteiger partial charge on any atom is -0.496 e. The Balaban J connectivity index is 1.46. The largest absolute Gasteiger partial charge is 0.496 e. The van der Waals surface area contributed by atoms with E-state index in [9.17, 15) is 4.79 Å². The Morgan fingerprint density at radius 1 is 1.09 bits per heavy atom. The van der Waals surface area contributed by atoms with E-state index in [4.69, 9.17) is 13.9 Å². The van der Waals surface area contributed by atoms with Gasteiger partial charge in [0.1, 0.15) is 22.8 Å². The van der Waals surface area contributed by atoms with E-state index in [0.29, 0.717) is 5.92 Å². The summed E-state index contributed by atoms with van der Waals surface area (Å²) in [6.45, 7) is 0. The van der Waals surface area contributed by atoms with Crippen molar-refractivity contribution in [3.8, 4) is 22.8 Å². The standard InChI is InChI=1S/C26H25BNO4/c1-30-25-12-20(31-19-8-6-17(7-9-19)13-27-16-29)11-21-22(25)14-28-15-23(21)26-10-18-4-2-3-5-24(18)32-26/h2-5,10-12,14-17,19H,6-9,13H2,1H3. The molecule has 32 heavy (non-hydrogen) atoms. The maximum atomic E-state index is 10.6. The Labute approximate surface area is 188 Å². The zero-order valence-corrected chi connectivity index (χ0v) is 18.1. The van der Waals surface area contributed by atoms with E-state index in [1.54, 1.807) is 14.4 Å². The van der Waals surface area contributed by atoms with E-state index in [2.05, 4.69) is 11.1 Å². The molecule has 1 aliphatic rings. The summed E-state index contributed by atoms with van der Waals surface area (Å²) in [6.07, 6.45) is 9.72. The number of aromatic nitrogens is 1. The maximum Gasteiger partial charge on any atom is 0.197 e. The topological polar surface area (TPSA) is 61.6 Å². The van der Waals surface area contributed by atoms with E-state index >= 15 is 0 Å². The molecule has 0 spiro atoms. The molecule has 5 rings (SSSR count). The number of rotatable bonds is 7. The molecule has 5 nitrogen and oxygen atoms in total. The van der Waals surface area contributed by atoms with E-state index in [1.165, 1.54) is 0 Å². The first-order valence-corrected chi connectivity index (χ1v) is 11.1. The highest BCUT2D eigenvalue weighted by Crippen LogP contribution is 2.39. The van der Waals surface area contributed by atoms with Gasteiger partial charge in [0.2, 0.25) is 0 Å². The lowest BCUT2D eigenvalue weighted by molar-refractivity contribution is 0.135. The van der Waals surface area contributed by atoms with Crippen molar-refractivity contribution in [3.05, 3.63) is 54.9 Å². The molecule has 1 radical (unpaired) electrons. The molecule has 2 heterocycles. The average molecular weight is 426 g/mol. The lowest BCUT2D eigenvalue weighted by Crippen LogP contribution is -2.24. The van der Waals surface area contributed by atoms with E-state index in [-0.39, 0.29) is 6.10 Å². The highest BCUT2D eigenvalue weighted by atomic mass is 16.5. The Kier molecular flexibility index (Phi) is 5.84. The Bertz CT molecular complexity index is 1210. The molecule has 6 heteroatoms. The number of fused-ring (bicyclic) bond motifs is 2. The van der Waals surface area contributed by atoms with Gasteiger partial charge in [-0.3, -0.25) is 4.98 Å². The number of ether oxygens (including phenoxy) is 2. The van der Waals surface area contributed by atoms with Crippen molar-refractivity contribution < 1.29 is 18.7 Å². The quantitative estimate of drug-likeness (QED) is 0.272. The average Bonchev–Trinajstić information content (AvgIpc) is 3.27. The smallest absolute Gasteiger partial charge is 0.197 e. The fraction of sp³-hybridized carbons (Fsp3) is 0.308. The van der Waals surface area contributed by atoms with Crippen LogP contribution < -0.4 is 9.47 Å². The first kappa shape index (κ1) is 20.6. The van der Waals surface area contributed by atoms with Crippen LogP contribution in [0.1, 0.15) is 25.7 Å². The van der Waals surface area contributed by atoms with Gasteiger partial charge in [-0.1, -0.05) is 24.5 Å². The van der Waals surface area contributed by atoms with Gasteiger partial charge in [-0.2, -0.15) is 0 Å². The zero-order valence-electron chi connectivity index (χ0n) is 18.1. The zero-order chi connectivity index (χ0) is 21.9. The summed E-state index contributed by atoms with van der Waals surface area (Å²) >= 11 is 0. The Hall–Kier alpha value is -3.28. The molecule has 161 valence electrons. The van der Waals surface area contributed by atoms with Gasteiger partial charge < -0.3 is 18.7 Å². The molecule has 0 aliphatic heterocycles. The number of carbonyl (C=O) groups excluding carboxylic acids is 1. The van der Waals surface area contributed by atoms with Crippen LogP contribution >= 0.6 is 0 Å². The number of furan rings is 1. The number of pyridine rings is 1. The summed E-state index contributed by atoms with van der Waals surface area (Å²) in [6, 6.07) is 14.0. The van der Waals surface area contributed by atoms with Gasteiger partial charge in [-0.15, -0.1) is 0 Å². The number of carbonyl (C=O) groups is 1. The molecular weight excluding hydrogens is 401 g/mol. The normalized spacial score (nSPS) is 18.5. The second kappa shape index (κ2) is 9.07. The molecule has 2 aromatic heterocycles. The number of benzene rings is 2. The van der Waals surface area contributed by atoms with Gasteiger partial charge in [-0.05, 0) is 49.8 Å². The minimum atomic E-state index is 0.168. The van der Waals surface area contributed by atoms with E-state index in [1.807, 2.05) is 48.8 Å². The maximum absolute atomic E-state index is 10.6. The number of methoxy groups -OCH3 is 1. The summed E-state index contributed by atoms with van der Waals surface area (Å²) in [7, 11) is 3.40. The summed E-state index contributed by atoms with van der Waals surface area (Å²) in [4.78, 5) is 15.0. The van der Waals surface area contributed by atoms with Crippen molar-refractivity contribution >= 4 is 35.2 Å². The summed E-state index contributed by atoms with van der Waals surface area (Å²) in [5, 5.41) is 2.97. The van der Waals surface area contributed by atoms with Gasteiger partial charge in [0.15, 0.2) is 7.28 Å². The van der Waals surface area contributed by atoms with Crippen LogP contribution in [-0.4, -0.2) is 31.7 Å². The third kappa shape index (κ3) is 4.09. The van der Waals surface area contributed by atoms with Gasteiger partial charge >= 0.3 is 0 Å². The molecule has 0 saturated heterocycles. The summed E-state index contributed by atoms with van der Waals surface area (Å²) < 4.78 is 18.2. The van der Waals surface area contributed by atoms with Gasteiger partial charge in [0.05, 0.1) is 19.4 Å². The lowest BCUT2D eigenvalue weighted by Gasteiger charge is -2.29. The van der Waals surface area contributed by atoms with Gasteiger partial charge in [-0.25, -0.2) is 0 Å². The molecule has 1 saturated carbocycles. The molecule has 4 aromatic rings. The monoisotopic (exact) mass is 426 g/mol. The number of hydrogen-bond donors (Lipinski definition) is 0. The van der Waals surface area contributed by atoms with Crippen LogP contribution in [0, 0.1) is 5.92 Å². The fourth-order valence-corrected chi connectivity index (χ4v) is 4.69. The molecule has 1 fully saturated rings. The van der Waals surface area contributed by atoms with Crippen LogP contribution in [0.4, 0.5) is 0 Å². The second-order valence-electron chi connectivity index (χ2n) is 8.42. The third-order valence-corrected chi connectivity index (χ3v) is 6.39. The SMILES string of the molecule is COc1cc(OC2CCC(C[B]C=O)CC2)cc2c(-c3cc4ccccc4o3)cncc12. The predicted octanol–water partition coefficient (Wildman–Crippen LogP) is 5.91. The predicted molar refractivity (Wildman–Crippen MR) is 127 cm³/mol. The van der Waals surface area contributed by atoms with Crippen molar-refractivity contribution in [2.75, 3.05) is 7.11 Å². The molecular formula is C26H25BNO4. The van der Waals surface area contributed by atoms with Gasteiger partial charge in [0, 0.05) is 40.2 Å². The fourth-order valence-electron chi connectivity index (χ4n) is 4.69. The molecule has 2 aromatic carbocycles. The van der Waals surface area contributed by atoms with E-state index < -0.39 is 0 Å². The van der Waals surface area contributed by atoms with E-state index in [0.717, 1.165) is 82.8 Å². The summed E-state index contributed by atoms with van der Waals surface area (Å²) in [5.74, 6) is 2.88. The number of para-hydroxylation sites is 1. The first-order chi connectivity index (χ1) is 15.7. The van der Waals surface area contributed by atoms with Crippen molar-refractivity contribution in [2.45, 2.75) is 38.1 Å². The van der Waals surface area contributed by atoms with Crippen LogP contribution in [0.3, 0.4) is 0 Å². The van der Waals surface area contributed by atoms with Crippen molar-refractivity contribution in [2.24, 2.45) is 5.92 Å². The Morgan fingerprint density at radius 2 is 1.94 bits per heavy atom. The Morgan fingerprint density at radius 3 is 2.72 bits per heavy atom. The molecule has 0 unspecified atom stereocenters. The highest BCUT2D eigenvalue weighted by molar-refractivity contribution is 6.66. The first-order valence-electron chi connectivity index (χ1n) is 11.1. The van der Waals surface area contributed by atoms with Crippen LogP contribution in [0.5, 0.6) is 11.5 Å². The van der Waals surface area contributed by atoms with Gasteiger partial charge in [0.25, 0.3) is 0 Å². The summed E-state index contributed by atoms with van der Waals surface area (Å²) in [5.41, 5.74) is 1.76. The third-order valence-electron chi connectivity index (χ3n) is 6.39. The molecule has 0 N–H and O–H groups in total. The number of nitrogens with zero attached hydrogens (tertiary/aromatic N) is 1. The van der Waals surface area contributed by atoms with Crippen LogP contribution in [0.2, 0.25) is 6.32 Å². The van der Waals surface area contributed by atoms with Crippen LogP contribution in [-0.2, 0) is 4.79 Å². The van der Waals surface area contributed by atoms with Crippen molar-refractivity contribution in [1.82, 2.24) is 4.98 Å². The van der Waals surface area contributed by atoms with Crippen molar-refractivity contribution in [1.29, 1.82) is 0 Å². The molecule has 0 amide bonds. The molecule has 0 bridgehead atoms. The number of hydrogen-bond acceptors (Lipinski definition) is 5.